The van der Waals surface area contributed by atoms with Crippen LogP contribution in [0.25, 0.3) is 11.3 Å². The highest BCUT2D eigenvalue weighted by atomic mass is 16.6. The summed E-state index contributed by atoms with van der Waals surface area (Å²) in [5, 5.41) is 14.6. The van der Waals surface area contributed by atoms with Gasteiger partial charge in [-0.05, 0) is 47.8 Å². The first-order valence-electron chi connectivity index (χ1n) is 6.98. The number of nitrogens with one attached hydrogen (secondary N) is 2. The number of nitrogens with zero attached hydrogens (tertiary/aromatic N) is 2. The summed E-state index contributed by atoms with van der Waals surface area (Å²) in [5.41, 5.74) is 8.33. The lowest BCUT2D eigenvalue weighted by Gasteiger charge is -2.25. The third-order valence-electron chi connectivity index (χ3n) is 4.35. The fourth-order valence-corrected chi connectivity index (χ4v) is 3.35. The molecular formula is C14H17N5O. The molecule has 1 aromatic carbocycles. The summed E-state index contributed by atoms with van der Waals surface area (Å²) < 4.78 is 4.62. The first-order chi connectivity index (χ1) is 9.79. The van der Waals surface area contributed by atoms with Crippen LogP contribution in [0, 0.1) is 5.92 Å². The number of rotatable bonds is 3. The van der Waals surface area contributed by atoms with Crippen LogP contribution >= 0.6 is 0 Å². The fraction of sp³-hybridized carbons (Fsp3) is 0.429. The van der Waals surface area contributed by atoms with Crippen LogP contribution in [0.3, 0.4) is 0 Å². The zero-order valence-corrected chi connectivity index (χ0v) is 11.0. The van der Waals surface area contributed by atoms with Crippen molar-refractivity contribution in [2.24, 2.45) is 5.92 Å². The minimum atomic E-state index is 0.322. The first-order valence-corrected chi connectivity index (χ1v) is 6.98. The van der Waals surface area contributed by atoms with Crippen LogP contribution < -0.4 is 16.4 Å². The summed E-state index contributed by atoms with van der Waals surface area (Å²) in [6, 6.07) is 9.23. The Bertz CT molecular complexity index is 608. The smallest absolute Gasteiger partial charge is 0.196 e. The van der Waals surface area contributed by atoms with Crippen LogP contribution in [-0.4, -0.2) is 28.9 Å². The van der Waals surface area contributed by atoms with Gasteiger partial charge in [0.1, 0.15) is 0 Å². The van der Waals surface area contributed by atoms with Gasteiger partial charge in [-0.1, -0.05) is 12.1 Å². The Kier molecular flexibility index (Phi) is 2.63. The molecule has 0 radical (unpaired) electrons. The van der Waals surface area contributed by atoms with E-state index < -0.39 is 0 Å². The highest BCUT2D eigenvalue weighted by molar-refractivity contribution is 5.70. The molecule has 104 valence electrons. The van der Waals surface area contributed by atoms with E-state index in [1.807, 2.05) is 12.1 Å². The van der Waals surface area contributed by atoms with Crippen molar-refractivity contribution in [3.63, 3.8) is 0 Å². The summed E-state index contributed by atoms with van der Waals surface area (Å²) in [6.07, 6.45) is 2.57. The number of hydrogen-bond acceptors (Lipinski definition) is 6. The SMILES string of the molecule is Nc1nonc1-c1ccc(NC2CC3CNC2C3)cc1. The molecule has 4 rings (SSSR count). The average Bonchev–Trinajstić information content (AvgIpc) is 3.16. The average molecular weight is 271 g/mol. The summed E-state index contributed by atoms with van der Waals surface area (Å²) in [4.78, 5) is 0. The summed E-state index contributed by atoms with van der Waals surface area (Å²) in [7, 11) is 0. The second-order valence-electron chi connectivity index (χ2n) is 5.68. The molecule has 1 saturated heterocycles. The molecule has 0 spiro atoms. The van der Waals surface area contributed by atoms with Crippen molar-refractivity contribution >= 4 is 11.5 Å². The number of piperidine rings is 1. The summed E-state index contributed by atoms with van der Waals surface area (Å²) in [6.45, 7) is 1.18. The van der Waals surface area contributed by atoms with E-state index in [9.17, 15) is 0 Å². The normalized spacial score (nSPS) is 27.9. The Morgan fingerprint density at radius 2 is 2.05 bits per heavy atom. The number of fused-ring (bicyclic) bond motifs is 2. The Balaban J connectivity index is 1.49. The molecule has 2 bridgehead atoms. The van der Waals surface area contributed by atoms with Gasteiger partial charge in [0, 0.05) is 23.3 Å². The monoisotopic (exact) mass is 271 g/mol. The van der Waals surface area contributed by atoms with E-state index >= 15 is 0 Å². The van der Waals surface area contributed by atoms with Crippen LogP contribution in [0.1, 0.15) is 12.8 Å². The molecule has 3 atom stereocenters. The van der Waals surface area contributed by atoms with Crippen molar-refractivity contribution in [3.8, 4) is 11.3 Å². The summed E-state index contributed by atoms with van der Waals surface area (Å²) in [5.74, 6) is 1.17. The molecule has 3 unspecified atom stereocenters. The molecule has 2 heterocycles. The number of benzene rings is 1. The van der Waals surface area contributed by atoms with Crippen molar-refractivity contribution in [2.45, 2.75) is 24.9 Å². The number of aromatic nitrogens is 2. The predicted octanol–water partition coefficient (Wildman–Crippen LogP) is 1.48. The zero-order chi connectivity index (χ0) is 13.5. The van der Waals surface area contributed by atoms with E-state index in [1.165, 1.54) is 19.4 Å². The lowest BCUT2D eigenvalue weighted by Crippen LogP contribution is -2.41. The second-order valence-corrected chi connectivity index (χ2v) is 5.68. The lowest BCUT2D eigenvalue weighted by molar-refractivity contribution is 0.310. The van der Waals surface area contributed by atoms with Crippen molar-refractivity contribution in [3.05, 3.63) is 24.3 Å². The van der Waals surface area contributed by atoms with Crippen LogP contribution in [0.5, 0.6) is 0 Å². The Morgan fingerprint density at radius 3 is 2.65 bits per heavy atom. The fourth-order valence-electron chi connectivity index (χ4n) is 3.35. The molecule has 1 aromatic heterocycles. The van der Waals surface area contributed by atoms with Gasteiger partial charge in [0.15, 0.2) is 11.5 Å². The molecule has 2 aliphatic rings. The molecule has 0 amide bonds. The highest BCUT2D eigenvalue weighted by Crippen LogP contribution is 2.33. The maximum atomic E-state index is 5.69. The molecule has 1 aliphatic heterocycles. The largest absolute Gasteiger partial charge is 0.381 e. The topological polar surface area (TPSA) is 89.0 Å². The van der Waals surface area contributed by atoms with Crippen molar-refractivity contribution in [1.29, 1.82) is 0 Å². The van der Waals surface area contributed by atoms with E-state index in [-0.39, 0.29) is 0 Å². The van der Waals surface area contributed by atoms with Gasteiger partial charge < -0.3 is 16.4 Å². The van der Waals surface area contributed by atoms with Crippen LogP contribution in [0.2, 0.25) is 0 Å². The van der Waals surface area contributed by atoms with E-state index in [4.69, 9.17) is 5.73 Å². The minimum Gasteiger partial charge on any atom is -0.381 e. The van der Waals surface area contributed by atoms with E-state index in [1.54, 1.807) is 0 Å². The number of hydrogen-bond donors (Lipinski definition) is 3. The number of nitrogens with two attached hydrogens (primary N) is 1. The third kappa shape index (κ3) is 1.92. The van der Waals surface area contributed by atoms with Crippen LogP contribution in [-0.2, 0) is 0 Å². The second kappa shape index (κ2) is 4.49. The molecule has 2 aromatic rings. The number of anilines is 2. The maximum Gasteiger partial charge on any atom is 0.196 e. The quantitative estimate of drug-likeness (QED) is 0.783. The Labute approximate surface area is 116 Å². The van der Waals surface area contributed by atoms with E-state index in [2.05, 4.69) is 37.7 Å². The van der Waals surface area contributed by atoms with Gasteiger partial charge in [0.25, 0.3) is 0 Å². The molecule has 6 heteroatoms. The van der Waals surface area contributed by atoms with E-state index in [0.717, 1.165) is 17.2 Å². The molecule has 1 aliphatic carbocycles. The standard InChI is InChI=1S/C14H17N5O/c15-14-13(18-20-19-14)9-1-3-10(4-2-9)17-12-6-8-5-11(12)16-7-8/h1-4,8,11-12,16-17H,5-7H2,(H2,15,19). The van der Waals surface area contributed by atoms with Crippen molar-refractivity contribution < 1.29 is 4.63 Å². The van der Waals surface area contributed by atoms with Gasteiger partial charge >= 0.3 is 0 Å². The third-order valence-corrected chi connectivity index (χ3v) is 4.35. The zero-order valence-electron chi connectivity index (χ0n) is 11.0. The molecule has 4 N–H and O–H groups in total. The van der Waals surface area contributed by atoms with Crippen molar-refractivity contribution in [2.75, 3.05) is 17.6 Å². The molecular weight excluding hydrogens is 254 g/mol. The van der Waals surface area contributed by atoms with Crippen LogP contribution in [0.4, 0.5) is 11.5 Å². The van der Waals surface area contributed by atoms with Crippen molar-refractivity contribution in [1.82, 2.24) is 15.6 Å². The Morgan fingerprint density at radius 1 is 1.20 bits per heavy atom. The number of nitrogen functional groups attached to an aromatic ring is 1. The minimum absolute atomic E-state index is 0.322. The summed E-state index contributed by atoms with van der Waals surface area (Å²) >= 11 is 0. The van der Waals surface area contributed by atoms with Gasteiger partial charge in [-0.25, -0.2) is 4.63 Å². The molecule has 20 heavy (non-hydrogen) atoms. The maximum absolute atomic E-state index is 5.69. The van der Waals surface area contributed by atoms with Gasteiger partial charge in [-0.3, -0.25) is 0 Å². The molecule has 6 nitrogen and oxygen atoms in total. The highest BCUT2D eigenvalue weighted by Gasteiger charge is 2.39. The molecule has 1 saturated carbocycles. The van der Waals surface area contributed by atoms with Crippen LogP contribution in [0.15, 0.2) is 28.9 Å². The van der Waals surface area contributed by atoms with Gasteiger partial charge in [-0.2, -0.15) is 0 Å². The van der Waals surface area contributed by atoms with Gasteiger partial charge in [0.05, 0.1) is 0 Å². The first kappa shape index (κ1) is 11.7. The lowest BCUT2D eigenvalue weighted by atomic mass is 10.1. The Hall–Kier alpha value is -2.08. The van der Waals surface area contributed by atoms with Gasteiger partial charge in [0.2, 0.25) is 0 Å². The predicted molar refractivity (Wildman–Crippen MR) is 76.1 cm³/mol. The van der Waals surface area contributed by atoms with E-state index in [0.29, 0.717) is 23.6 Å². The van der Waals surface area contributed by atoms with Gasteiger partial charge in [-0.15, -0.1) is 0 Å². The molecule has 2 fully saturated rings.